The fourth-order valence-corrected chi connectivity index (χ4v) is 4.03. The quantitative estimate of drug-likeness (QED) is 0.343. The first kappa shape index (κ1) is 22.1. The number of para-hydroxylation sites is 2. The standard InChI is InChI=1S/C24H24N4O5/c1-13(2)20(23(31)32)27-21(29)19(11-14-12-25-17-9-5-3-7-15(14)17)28-22(30)16-8-4-6-10-18(16)26-24(28)33/h3-10,12-13,19-20,25H,11H2,1-2H3,(H,26,33)(H,27,29)(H,31,32)/t19-,20-/m0/s1. The number of fused-ring (bicyclic) bond motifs is 2. The lowest BCUT2D eigenvalue weighted by Crippen LogP contribution is -2.51. The number of benzene rings is 2. The Labute approximate surface area is 188 Å². The zero-order chi connectivity index (χ0) is 23.7. The average molecular weight is 448 g/mol. The molecule has 1 amide bonds. The number of carboxylic acid groups (broad SMARTS) is 1. The Bertz CT molecular complexity index is 1460. The van der Waals surface area contributed by atoms with E-state index in [1.807, 2.05) is 24.3 Å². The molecule has 2 aromatic heterocycles. The van der Waals surface area contributed by atoms with Crippen molar-refractivity contribution in [3.8, 4) is 0 Å². The highest BCUT2D eigenvalue weighted by Crippen LogP contribution is 2.23. The number of hydrogen-bond acceptors (Lipinski definition) is 4. The van der Waals surface area contributed by atoms with Gasteiger partial charge in [0, 0.05) is 23.5 Å². The molecule has 0 saturated heterocycles. The lowest BCUT2D eigenvalue weighted by atomic mass is 10.0. The van der Waals surface area contributed by atoms with Crippen molar-refractivity contribution in [2.75, 3.05) is 0 Å². The van der Waals surface area contributed by atoms with E-state index in [4.69, 9.17) is 0 Å². The molecule has 0 radical (unpaired) electrons. The number of hydrogen-bond donors (Lipinski definition) is 4. The minimum absolute atomic E-state index is 0.0155. The minimum Gasteiger partial charge on any atom is -0.480 e. The molecule has 2 atom stereocenters. The summed E-state index contributed by atoms with van der Waals surface area (Å²) in [5, 5.41) is 13.2. The SMILES string of the molecule is CC(C)[C@H](NC(=O)[C@H](Cc1c[nH]c2ccccc12)n1c(=O)[nH]c2ccccc2c1=O)C(=O)O. The zero-order valence-electron chi connectivity index (χ0n) is 18.2. The lowest BCUT2D eigenvalue weighted by molar-refractivity contribution is -0.143. The van der Waals surface area contributed by atoms with Gasteiger partial charge in [-0.3, -0.25) is 9.59 Å². The molecule has 4 aromatic rings. The van der Waals surface area contributed by atoms with Gasteiger partial charge >= 0.3 is 11.7 Å². The van der Waals surface area contributed by atoms with E-state index in [0.29, 0.717) is 5.52 Å². The second kappa shape index (κ2) is 8.78. The number of nitrogens with one attached hydrogen (secondary N) is 3. The molecular weight excluding hydrogens is 424 g/mol. The summed E-state index contributed by atoms with van der Waals surface area (Å²) in [6.07, 6.45) is 1.74. The molecule has 0 bridgehead atoms. The van der Waals surface area contributed by atoms with Crippen LogP contribution < -0.4 is 16.6 Å². The fourth-order valence-electron chi connectivity index (χ4n) is 4.03. The van der Waals surface area contributed by atoms with Crippen LogP contribution in [0.2, 0.25) is 0 Å². The van der Waals surface area contributed by atoms with Crippen LogP contribution in [0.4, 0.5) is 0 Å². The van der Waals surface area contributed by atoms with Gasteiger partial charge in [0.15, 0.2) is 0 Å². The Hall–Kier alpha value is -4.14. The Morgan fingerprint density at radius 2 is 1.64 bits per heavy atom. The molecule has 2 aromatic carbocycles. The highest BCUT2D eigenvalue weighted by molar-refractivity contribution is 5.88. The molecule has 0 aliphatic carbocycles. The van der Waals surface area contributed by atoms with E-state index in [2.05, 4.69) is 15.3 Å². The molecule has 0 spiro atoms. The number of carbonyl (C=O) groups is 2. The molecule has 0 aliphatic heterocycles. The Balaban J connectivity index is 1.85. The third-order valence-corrected chi connectivity index (χ3v) is 5.77. The molecule has 9 nitrogen and oxygen atoms in total. The molecular formula is C24H24N4O5. The molecule has 0 saturated carbocycles. The van der Waals surface area contributed by atoms with Crippen molar-refractivity contribution < 1.29 is 14.7 Å². The highest BCUT2D eigenvalue weighted by Gasteiger charge is 2.31. The topological polar surface area (TPSA) is 137 Å². The van der Waals surface area contributed by atoms with E-state index < -0.39 is 41.1 Å². The summed E-state index contributed by atoms with van der Waals surface area (Å²) < 4.78 is 0.874. The van der Waals surface area contributed by atoms with Crippen molar-refractivity contribution in [1.82, 2.24) is 19.9 Å². The summed E-state index contributed by atoms with van der Waals surface area (Å²) in [7, 11) is 0. The maximum absolute atomic E-state index is 13.4. The molecule has 4 rings (SSSR count). The minimum atomic E-state index is -1.26. The summed E-state index contributed by atoms with van der Waals surface area (Å²) in [5.41, 5.74) is 0.570. The first-order chi connectivity index (χ1) is 15.8. The second-order valence-electron chi connectivity index (χ2n) is 8.30. The van der Waals surface area contributed by atoms with E-state index in [9.17, 15) is 24.3 Å². The molecule has 0 fully saturated rings. The summed E-state index contributed by atoms with van der Waals surface area (Å²) in [6, 6.07) is 11.6. The summed E-state index contributed by atoms with van der Waals surface area (Å²) in [5.74, 6) is -2.31. The predicted molar refractivity (Wildman–Crippen MR) is 124 cm³/mol. The third-order valence-electron chi connectivity index (χ3n) is 5.77. The molecule has 33 heavy (non-hydrogen) atoms. The first-order valence-corrected chi connectivity index (χ1v) is 10.6. The normalized spacial score (nSPS) is 13.3. The van der Waals surface area contributed by atoms with Gasteiger partial charge in [0.05, 0.1) is 10.9 Å². The number of rotatable bonds is 7. The van der Waals surface area contributed by atoms with Gasteiger partial charge in [0.1, 0.15) is 12.1 Å². The Morgan fingerprint density at radius 1 is 1.00 bits per heavy atom. The lowest BCUT2D eigenvalue weighted by Gasteiger charge is -2.23. The van der Waals surface area contributed by atoms with Crippen LogP contribution in [0, 0.1) is 5.92 Å². The number of carbonyl (C=O) groups excluding carboxylic acids is 1. The van der Waals surface area contributed by atoms with Crippen molar-refractivity contribution in [3.63, 3.8) is 0 Å². The average Bonchev–Trinajstić information content (AvgIpc) is 3.19. The van der Waals surface area contributed by atoms with Gasteiger partial charge in [-0.2, -0.15) is 0 Å². The van der Waals surface area contributed by atoms with Crippen LogP contribution in [0.25, 0.3) is 21.8 Å². The number of amides is 1. The number of carboxylic acids is 1. The molecule has 170 valence electrons. The van der Waals surface area contributed by atoms with Gasteiger partial charge in [-0.15, -0.1) is 0 Å². The zero-order valence-corrected chi connectivity index (χ0v) is 18.2. The second-order valence-corrected chi connectivity index (χ2v) is 8.30. The smallest absolute Gasteiger partial charge is 0.329 e. The van der Waals surface area contributed by atoms with Crippen molar-refractivity contribution in [1.29, 1.82) is 0 Å². The summed E-state index contributed by atoms with van der Waals surface area (Å²) in [6.45, 7) is 3.34. The number of H-pyrrole nitrogens is 2. The van der Waals surface area contributed by atoms with Crippen molar-refractivity contribution in [3.05, 3.63) is 81.1 Å². The number of aliphatic carboxylic acids is 1. The van der Waals surface area contributed by atoms with Crippen LogP contribution in [0.5, 0.6) is 0 Å². The van der Waals surface area contributed by atoms with Crippen molar-refractivity contribution in [2.45, 2.75) is 32.4 Å². The first-order valence-electron chi connectivity index (χ1n) is 10.6. The van der Waals surface area contributed by atoms with E-state index in [0.717, 1.165) is 21.0 Å². The van der Waals surface area contributed by atoms with Crippen molar-refractivity contribution in [2.24, 2.45) is 5.92 Å². The number of nitrogens with zero attached hydrogens (tertiary/aromatic N) is 1. The molecule has 0 aliphatic rings. The van der Waals surface area contributed by atoms with Crippen LogP contribution >= 0.6 is 0 Å². The maximum atomic E-state index is 13.4. The number of aromatic nitrogens is 3. The van der Waals surface area contributed by atoms with E-state index >= 15 is 0 Å². The van der Waals surface area contributed by atoms with Crippen LogP contribution in [0.1, 0.15) is 25.5 Å². The van der Waals surface area contributed by atoms with Crippen LogP contribution in [0.15, 0.2) is 64.3 Å². The van der Waals surface area contributed by atoms with E-state index in [1.54, 1.807) is 44.3 Å². The highest BCUT2D eigenvalue weighted by atomic mass is 16.4. The van der Waals surface area contributed by atoms with Gasteiger partial charge in [0.25, 0.3) is 5.56 Å². The van der Waals surface area contributed by atoms with E-state index in [1.165, 1.54) is 0 Å². The molecule has 0 unspecified atom stereocenters. The van der Waals surface area contributed by atoms with E-state index in [-0.39, 0.29) is 11.8 Å². The molecule has 2 heterocycles. The van der Waals surface area contributed by atoms with Crippen molar-refractivity contribution >= 4 is 33.7 Å². The summed E-state index contributed by atoms with van der Waals surface area (Å²) >= 11 is 0. The molecule has 9 heteroatoms. The fraction of sp³-hybridized carbons (Fsp3) is 0.250. The van der Waals surface area contributed by atoms with Gasteiger partial charge in [0.2, 0.25) is 5.91 Å². The summed E-state index contributed by atoms with van der Waals surface area (Å²) in [4.78, 5) is 57.1. The maximum Gasteiger partial charge on any atom is 0.329 e. The van der Waals surface area contributed by atoms with Gasteiger partial charge in [-0.05, 0) is 29.7 Å². The van der Waals surface area contributed by atoms with Gasteiger partial charge < -0.3 is 20.4 Å². The Kier molecular flexibility index (Phi) is 5.87. The Morgan fingerprint density at radius 3 is 2.30 bits per heavy atom. The largest absolute Gasteiger partial charge is 0.480 e. The van der Waals surface area contributed by atoms with Crippen LogP contribution in [-0.2, 0) is 16.0 Å². The van der Waals surface area contributed by atoms with Crippen LogP contribution in [0.3, 0.4) is 0 Å². The van der Waals surface area contributed by atoms with Gasteiger partial charge in [-0.25, -0.2) is 14.2 Å². The van der Waals surface area contributed by atoms with Crippen LogP contribution in [-0.4, -0.2) is 37.6 Å². The molecule has 4 N–H and O–H groups in total. The monoisotopic (exact) mass is 448 g/mol. The predicted octanol–water partition coefficient (Wildman–Crippen LogP) is 2.18. The number of aromatic amines is 2. The van der Waals surface area contributed by atoms with Gasteiger partial charge in [-0.1, -0.05) is 44.2 Å². The third kappa shape index (κ3) is 4.17.